The fourth-order valence-corrected chi connectivity index (χ4v) is 2.32. The third-order valence-electron chi connectivity index (χ3n) is 3.41. The smallest absolute Gasteiger partial charge is 0.240 e. The number of rotatable bonds is 4. The molecule has 0 aliphatic carbocycles. The Morgan fingerprint density at radius 1 is 1.40 bits per heavy atom. The van der Waals surface area contributed by atoms with Crippen LogP contribution in [0.1, 0.15) is 43.2 Å². The number of aromatic nitrogens is 4. The maximum absolute atomic E-state index is 5.68. The van der Waals surface area contributed by atoms with Gasteiger partial charge in [0.1, 0.15) is 0 Å². The van der Waals surface area contributed by atoms with Gasteiger partial charge in [0, 0.05) is 25.4 Å². The van der Waals surface area contributed by atoms with E-state index in [1.165, 1.54) is 0 Å². The molecule has 3 rings (SSSR count). The van der Waals surface area contributed by atoms with Crippen LogP contribution in [0.3, 0.4) is 0 Å². The summed E-state index contributed by atoms with van der Waals surface area (Å²) in [6, 6.07) is 1.95. The Morgan fingerprint density at radius 2 is 2.35 bits per heavy atom. The Morgan fingerprint density at radius 3 is 3.15 bits per heavy atom. The summed E-state index contributed by atoms with van der Waals surface area (Å²) in [7, 11) is 0. The van der Waals surface area contributed by atoms with E-state index in [1.807, 2.05) is 22.9 Å². The van der Waals surface area contributed by atoms with Gasteiger partial charge in [-0.15, -0.1) is 10.2 Å². The number of hydrogen-bond donors (Lipinski definition) is 0. The van der Waals surface area contributed by atoms with E-state index in [-0.39, 0.29) is 5.92 Å². The second kappa shape index (κ2) is 6.00. The van der Waals surface area contributed by atoms with E-state index in [0.29, 0.717) is 18.4 Å². The first kappa shape index (κ1) is 13.1. The molecule has 1 unspecified atom stereocenters. The van der Waals surface area contributed by atoms with Crippen molar-refractivity contribution in [3.05, 3.63) is 29.7 Å². The fraction of sp³-hybridized carbons (Fsp3) is 0.500. The van der Waals surface area contributed by atoms with Crippen molar-refractivity contribution in [3.8, 4) is 0 Å². The minimum absolute atomic E-state index is 0.236. The molecule has 106 valence electrons. The van der Waals surface area contributed by atoms with Gasteiger partial charge in [-0.2, -0.15) is 5.10 Å². The maximum atomic E-state index is 5.68. The molecular weight excluding hydrogens is 256 g/mol. The average molecular weight is 274 g/mol. The molecule has 6 heteroatoms. The summed E-state index contributed by atoms with van der Waals surface area (Å²) in [6.07, 6.45) is 7.64. The van der Waals surface area contributed by atoms with E-state index < -0.39 is 0 Å². The van der Waals surface area contributed by atoms with Gasteiger partial charge in [0.25, 0.3) is 0 Å². The van der Waals surface area contributed by atoms with Crippen LogP contribution < -0.4 is 0 Å². The zero-order chi connectivity index (χ0) is 13.8. The normalized spacial score (nSPS) is 19.8. The topological polar surface area (TPSA) is 66.0 Å². The van der Waals surface area contributed by atoms with Crippen LogP contribution in [0.5, 0.6) is 0 Å². The van der Waals surface area contributed by atoms with Gasteiger partial charge in [0.05, 0.1) is 18.2 Å². The molecule has 0 saturated carbocycles. The predicted octanol–water partition coefficient (Wildman–Crippen LogP) is 2.35. The van der Waals surface area contributed by atoms with Crippen molar-refractivity contribution in [2.45, 2.75) is 32.2 Å². The highest BCUT2D eigenvalue weighted by atomic mass is 16.5. The molecule has 0 radical (unpaired) electrons. The van der Waals surface area contributed by atoms with E-state index >= 15 is 0 Å². The third kappa shape index (κ3) is 2.80. The highest BCUT2D eigenvalue weighted by Gasteiger charge is 2.21. The monoisotopic (exact) mass is 274 g/mol. The summed E-state index contributed by atoms with van der Waals surface area (Å²) in [5, 5.41) is 12.4. The predicted molar refractivity (Wildman–Crippen MR) is 73.9 cm³/mol. The second-order valence-corrected chi connectivity index (χ2v) is 4.80. The molecule has 2 aromatic rings. The van der Waals surface area contributed by atoms with E-state index in [4.69, 9.17) is 9.15 Å². The van der Waals surface area contributed by atoms with Crippen molar-refractivity contribution < 1.29 is 9.15 Å². The number of aryl methyl sites for hydroxylation is 1. The van der Waals surface area contributed by atoms with E-state index in [1.54, 1.807) is 6.20 Å². The molecule has 0 bridgehead atoms. The first-order valence-electron chi connectivity index (χ1n) is 6.98. The summed E-state index contributed by atoms with van der Waals surface area (Å²) in [5.41, 5.74) is 1.02. The molecule has 1 aliphatic rings. The lowest BCUT2D eigenvalue weighted by Gasteiger charge is -2.18. The SMILES string of the molecule is CCn1nccc1/C=C/c1nnc(C2CCCOC2)o1. The molecule has 3 heterocycles. The minimum atomic E-state index is 0.236. The van der Waals surface area contributed by atoms with Crippen LogP contribution in [0.15, 0.2) is 16.7 Å². The summed E-state index contributed by atoms with van der Waals surface area (Å²) >= 11 is 0. The highest BCUT2D eigenvalue weighted by molar-refractivity contribution is 5.63. The molecule has 20 heavy (non-hydrogen) atoms. The number of ether oxygens (including phenoxy) is 1. The van der Waals surface area contributed by atoms with Crippen LogP contribution in [0.25, 0.3) is 12.2 Å². The fourth-order valence-electron chi connectivity index (χ4n) is 2.32. The summed E-state index contributed by atoms with van der Waals surface area (Å²) in [6.45, 7) is 4.39. The molecule has 1 fully saturated rings. The quantitative estimate of drug-likeness (QED) is 0.856. The van der Waals surface area contributed by atoms with Crippen molar-refractivity contribution in [3.63, 3.8) is 0 Å². The van der Waals surface area contributed by atoms with Crippen molar-refractivity contribution in [2.75, 3.05) is 13.2 Å². The van der Waals surface area contributed by atoms with Crippen molar-refractivity contribution in [1.82, 2.24) is 20.0 Å². The van der Waals surface area contributed by atoms with Crippen LogP contribution in [-0.2, 0) is 11.3 Å². The highest BCUT2D eigenvalue weighted by Crippen LogP contribution is 2.24. The van der Waals surface area contributed by atoms with Gasteiger partial charge < -0.3 is 9.15 Å². The first-order valence-corrected chi connectivity index (χ1v) is 6.98. The van der Waals surface area contributed by atoms with Gasteiger partial charge in [0.15, 0.2) is 0 Å². The molecule has 1 aliphatic heterocycles. The second-order valence-electron chi connectivity index (χ2n) is 4.80. The molecule has 0 aromatic carbocycles. The molecule has 6 nitrogen and oxygen atoms in total. The van der Waals surface area contributed by atoms with Gasteiger partial charge in [-0.25, -0.2) is 0 Å². The van der Waals surface area contributed by atoms with Gasteiger partial charge in [-0.1, -0.05) is 0 Å². The van der Waals surface area contributed by atoms with Gasteiger partial charge >= 0.3 is 0 Å². The van der Waals surface area contributed by atoms with Crippen LogP contribution in [0, 0.1) is 0 Å². The molecule has 1 atom stereocenters. The zero-order valence-corrected chi connectivity index (χ0v) is 11.5. The van der Waals surface area contributed by atoms with Gasteiger partial charge in [-0.3, -0.25) is 4.68 Å². The van der Waals surface area contributed by atoms with Crippen molar-refractivity contribution in [2.24, 2.45) is 0 Å². The van der Waals surface area contributed by atoms with Crippen LogP contribution >= 0.6 is 0 Å². The lowest BCUT2D eigenvalue weighted by atomic mass is 10.0. The number of hydrogen-bond acceptors (Lipinski definition) is 5. The average Bonchev–Trinajstić information content (AvgIpc) is 3.15. The van der Waals surface area contributed by atoms with E-state index in [0.717, 1.165) is 31.7 Å². The summed E-state index contributed by atoms with van der Waals surface area (Å²) in [4.78, 5) is 0. The largest absolute Gasteiger partial charge is 0.421 e. The number of nitrogens with zero attached hydrogens (tertiary/aromatic N) is 4. The summed E-state index contributed by atoms with van der Waals surface area (Å²) in [5.74, 6) is 1.43. The zero-order valence-electron chi connectivity index (χ0n) is 11.5. The molecular formula is C14H18N4O2. The Kier molecular flexibility index (Phi) is 3.92. The lowest BCUT2D eigenvalue weighted by Crippen LogP contribution is -2.15. The Labute approximate surface area is 117 Å². The Hall–Kier alpha value is -1.95. The molecule has 0 spiro atoms. The van der Waals surface area contributed by atoms with Gasteiger partial charge in [0.2, 0.25) is 11.8 Å². The minimum Gasteiger partial charge on any atom is -0.421 e. The lowest BCUT2D eigenvalue weighted by molar-refractivity contribution is 0.0724. The molecule has 2 aromatic heterocycles. The van der Waals surface area contributed by atoms with E-state index in [2.05, 4.69) is 22.2 Å². The molecule has 0 N–H and O–H groups in total. The Balaban J connectivity index is 1.70. The molecule has 0 amide bonds. The standard InChI is InChI=1S/C14H18N4O2/c1-2-18-12(7-8-15-18)5-6-13-16-17-14(20-13)11-4-3-9-19-10-11/h5-8,11H,2-4,9-10H2,1H3/b6-5+. The molecule has 1 saturated heterocycles. The third-order valence-corrected chi connectivity index (χ3v) is 3.41. The van der Waals surface area contributed by atoms with Crippen LogP contribution in [0.4, 0.5) is 0 Å². The summed E-state index contributed by atoms with van der Waals surface area (Å²) < 4.78 is 13.0. The first-order chi connectivity index (χ1) is 9.86. The van der Waals surface area contributed by atoms with Crippen LogP contribution in [0.2, 0.25) is 0 Å². The Bertz CT molecular complexity index is 582. The van der Waals surface area contributed by atoms with E-state index in [9.17, 15) is 0 Å². The van der Waals surface area contributed by atoms with Crippen LogP contribution in [-0.4, -0.2) is 33.2 Å². The maximum Gasteiger partial charge on any atom is 0.240 e. The van der Waals surface area contributed by atoms with Crippen molar-refractivity contribution in [1.29, 1.82) is 0 Å². The van der Waals surface area contributed by atoms with Gasteiger partial charge in [-0.05, 0) is 31.9 Å². The van der Waals surface area contributed by atoms with Crippen molar-refractivity contribution >= 4 is 12.2 Å².